The Bertz CT molecular complexity index is 1090. The van der Waals surface area contributed by atoms with Crippen LogP contribution in [0.2, 0.25) is 0 Å². The fourth-order valence-corrected chi connectivity index (χ4v) is 4.22. The summed E-state index contributed by atoms with van der Waals surface area (Å²) in [6.45, 7) is 3.30. The Morgan fingerprint density at radius 3 is 2.69 bits per heavy atom. The minimum atomic E-state index is -0.878. The molecule has 3 aliphatic rings. The number of piperazine rings is 1. The van der Waals surface area contributed by atoms with Gasteiger partial charge in [0.05, 0.1) is 12.0 Å². The van der Waals surface area contributed by atoms with E-state index in [1.54, 1.807) is 23.4 Å². The van der Waals surface area contributed by atoms with Crippen LogP contribution in [0, 0.1) is 11.6 Å². The van der Waals surface area contributed by atoms with Gasteiger partial charge in [0.1, 0.15) is 29.1 Å². The zero-order valence-corrected chi connectivity index (χ0v) is 17.3. The van der Waals surface area contributed by atoms with Gasteiger partial charge in [-0.3, -0.25) is 4.90 Å². The number of guanidine groups is 1. The summed E-state index contributed by atoms with van der Waals surface area (Å²) < 4.78 is 33.4. The maximum atomic E-state index is 14.1. The second-order valence-electron chi connectivity index (χ2n) is 7.98. The van der Waals surface area contributed by atoms with E-state index >= 15 is 0 Å². The molecular weight excluding hydrogens is 418 g/mol. The first-order chi connectivity index (χ1) is 15.4. The van der Waals surface area contributed by atoms with Crippen molar-refractivity contribution in [2.45, 2.75) is 12.1 Å². The van der Waals surface area contributed by atoms with Gasteiger partial charge in [0.2, 0.25) is 5.96 Å². The molecular formula is C21H24F2N8O. The molecule has 168 valence electrons. The van der Waals surface area contributed by atoms with Gasteiger partial charge in [-0.15, -0.1) is 0 Å². The lowest BCUT2D eigenvalue weighted by Crippen LogP contribution is -2.51. The Labute approximate surface area is 183 Å². The molecule has 2 aromatic rings. The molecule has 9 nitrogen and oxygen atoms in total. The van der Waals surface area contributed by atoms with E-state index in [0.717, 1.165) is 6.07 Å². The van der Waals surface area contributed by atoms with Gasteiger partial charge in [0, 0.05) is 51.3 Å². The first-order valence-electron chi connectivity index (χ1n) is 10.4. The van der Waals surface area contributed by atoms with Gasteiger partial charge in [-0.25, -0.2) is 18.8 Å². The summed E-state index contributed by atoms with van der Waals surface area (Å²) in [5.74, 6) is 0.853. The number of benzene rings is 1. The van der Waals surface area contributed by atoms with Crippen molar-refractivity contribution in [2.24, 2.45) is 21.5 Å². The lowest BCUT2D eigenvalue weighted by Gasteiger charge is -2.37. The number of hydrogen-bond donors (Lipinski definition) is 3. The average molecular weight is 442 g/mol. The van der Waals surface area contributed by atoms with E-state index in [1.807, 2.05) is 11.0 Å². The molecule has 1 aromatic carbocycles. The zero-order valence-electron chi connectivity index (χ0n) is 17.3. The smallest absolute Gasteiger partial charge is 0.245 e. The van der Waals surface area contributed by atoms with Crippen molar-refractivity contribution in [2.75, 3.05) is 37.6 Å². The number of fused-ring (bicyclic) bond motifs is 1. The van der Waals surface area contributed by atoms with E-state index in [-0.39, 0.29) is 5.84 Å². The SMILES string of the molecule is NC1=CC(N)=NC2=NC(CCN3CCN(c4cc(F)ccc4F)CC3)(c3ccco3)NN12. The van der Waals surface area contributed by atoms with Gasteiger partial charge in [-0.1, -0.05) is 0 Å². The molecule has 32 heavy (non-hydrogen) atoms. The first kappa shape index (κ1) is 20.5. The number of rotatable bonds is 5. The van der Waals surface area contributed by atoms with Gasteiger partial charge in [0.25, 0.3) is 0 Å². The largest absolute Gasteiger partial charge is 0.465 e. The molecule has 3 aliphatic heterocycles. The van der Waals surface area contributed by atoms with Crippen LogP contribution in [0.25, 0.3) is 0 Å². The minimum absolute atomic E-state index is 0.287. The van der Waals surface area contributed by atoms with E-state index in [2.05, 4.69) is 15.3 Å². The molecule has 0 spiro atoms. The standard InChI is InChI=1S/C21H24F2N8O/c22-14-3-4-15(23)16(12-14)30-9-7-29(8-10-30)6-5-21(17-2-1-11-32-17)27-20-26-18(24)13-19(25)31(20)28-21/h1-4,11-13,28H,5-10,25H2,(H2,24,26,27). The fraction of sp³-hybridized carbons (Fsp3) is 0.333. The Hall–Kier alpha value is -3.44. The predicted octanol–water partition coefficient (Wildman–Crippen LogP) is 1.27. The van der Waals surface area contributed by atoms with Crippen LogP contribution in [0.5, 0.6) is 0 Å². The van der Waals surface area contributed by atoms with Gasteiger partial charge >= 0.3 is 0 Å². The number of nitrogens with two attached hydrogens (primary N) is 2. The van der Waals surface area contributed by atoms with E-state index in [9.17, 15) is 8.78 Å². The lowest BCUT2D eigenvalue weighted by molar-refractivity contribution is 0.163. The van der Waals surface area contributed by atoms with Crippen molar-refractivity contribution in [3.05, 3.63) is 65.9 Å². The first-order valence-corrected chi connectivity index (χ1v) is 10.4. The van der Waals surface area contributed by atoms with Crippen LogP contribution in [0.4, 0.5) is 14.5 Å². The van der Waals surface area contributed by atoms with E-state index in [0.29, 0.717) is 62.4 Å². The van der Waals surface area contributed by atoms with Crippen molar-refractivity contribution in [1.29, 1.82) is 0 Å². The summed E-state index contributed by atoms with van der Waals surface area (Å²) >= 11 is 0. The molecule has 5 rings (SSSR count). The number of aliphatic imine (C=N–C) groups is 2. The molecule has 0 saturated carbocycles. The van der Waals surface area contributed by atoms with Gasteiger partial charge in [-0.2, -0.15) is 10.4 Å². The zero-order chi connectivity index (χ0) is 22.3. The quantitative estimate of drug-likeness (QED) is 0.639. The molecule has 4 heterocycles. The number of nitrogens with one attached hydrogen (secondary N) is 1. The second-order valence-corrected chi connectivity index (χ2v) is 7.98. The number of furan rings is 1. The summed E-state index contributed by atoms with van der Waals surface area (Å²) in [7, 11) is 0. The van der Waals surface area contributed by atoms with Crippen molar-refractivity contribution >= 4 is 17.5 Å². The molecule has 1 unspecified atom stereocenters. The lowest BCUT2D eigenvalue weighted by atomic mass is 10.0. The number of anilines is 1. The number of amidine groups is 1. The molecule has 11 heteroatoms. The molecule has 5 N–H and O–H groups in total. The predicted molar refractivity (Wildman–Crippen MR) is 116 cm³/mol. The maximum Gasteiger partial charge on any atom is 0.245 e. The number of hydrazine groups is 1. The van der Waals surface area contributed by atoms with Crippen molar-refractivity contribution in [3.8, 4) is 0 Å². The molecule has 1 saturated heterocycles. The monoisotopic (exact) mass is 442 g/mol. The highest BCUT2D eigenvalue weighted by Crippen LogP contribution is 2.34. The Morgan fingerprint density at radius 2 is 1.94 bits per heavy atom. The average Bonchev–Trinajstić information content (AvgIpc) is 3.44. The van der Waals surface area contributed by atoms with Crippen molar-refractivity contribution in [1.82, 2.24) is 15.3 Å². The maximum absolute atomic E-state index is 14.1. The molecule has 1 aromatic heterocycles. The van der Waals surface area contributed by atoms with Crippen LogP contribution < -0.4 is 21.8 Å². The third kappa shape index (κ3) is 3.69. The van der Waals surface area contributed by atoms with Gasteiger partial charge in [-0.05, 0) is 24.3 Å². The van der Waals surface area contributed by atoms with E-state index < -0.39 is 17.3 Å². The Kier molecular flexibility index (Phi) is 5.06. The van der Waals surface area contributed by atoms with Crippen LogP contribution in [-0.4, -0.2) is 54.4 Å². The van der Waals surface area contributed by atoms with Crippen LogP contribution in [0.1, 0.15) is 12.2 Å². The third-order valence-corrected chi connectivity index (χ3v) is 5.91. The second kappa shape index (κ2) is 7.92. The fourth-order valence-electron chi connectivity index (χ4n) is 4.22. The third-order valence-electron chi connectivity index (χ3n) is 5.91. The van der Waals surface area contributed by atoms with E-state index in [1.165, 1.54) is 12.1 Å². The molecule has 1 atom stereocenters. The van der Waals surface area contributed by atoms with Crippen LogP contribution in [0.3, 0.4) is 0 Å². The summed E-state index contributed by atoms with van der Waals surface area (Å²) in [4.78, 5) is 13.2. The number of hydrogen-bond acceptors (Lipinski definition) is 9. The Morgan fingerprint density at radius 1 is 1.12 bits per heavy atom. The van der Waals surface area contributed by atoms with Crippen LogP contribution >= 0.6 is 0 Å². The highest BCUT2D eigenvalue weighted by atomic mass is 19.1. The highest BCUT2D eigenvalue weighted by molar-refractivity contribution is 6.04. The Balaban J connectivity index is 1.28. The molecule has 0 bridgehead atoms. The summed E-state index contributed by atoms with van der Waals surface area (Å²) in [5, 5.41) is 1.60. The van der Waals surface area contributed by atoms with Crippen LogP contribution in [0.15, 0.2) is 62.9 Å². The van der Waals surface area contributed by atoms with E-state index in [4.69, 9.17) is 20.9 Å². The molecule has 1 fully saturated rings. The van der Waals surface area contributed by atoms with Crippen molar-refractivity contribution in [3.63, 3.8) is 0 Å². The number of nitrogens with zero attached hydrogens (tertiary/aromatic N) is 5. The summed E-state index contributed by atoms with van der Waals surface area (Å²) in [5.41, 5.74) is 14.7. The van der Waals surface area contributed by atoms with Gasteiger partial charge in [0.15, 0.2) is 5.66 Å². The minimum Gasteiger partial charge on any atom is -0.465 e. The summed E-state index contributed by atoms with van der Waals surface area (Å²) in [6.07, 6.45) is 3.74. The normalized spacial score (nSPS) is 23.6. The number of halogens is 2. The highest BCUT2D eigenvalue weighted by Gasteiger charge is 2.45. The molecule has 0 aliphatic carbocycles. The topological polar surface area (TPSA) is 112 Å². The van der Waals surface area contributed by atoms with Crippen molar-refractivity contribution < 1.29 is 13.2 Å². The van der Waals surface area contributed by atoms with Gasteiger partial charge < -0.3 is 20.8 Å². The molecule has 0 radical (unpaired) electrons. The molecule has 0 amide bonds. The van der Waals surface area contributed by atoms with Crippen LogP contribution in [-0.2, 0) is 5.66 Å². The summed E-state index contributed by atoms with van der Waals surface area (Å²) in [6, 6.07) is 7.20.